The molecular formula is C20H22N6O4S. The number of carbonyl (C=O) groups excluding carboxylic acids is 1. The molecule has 0 unspecified atom stereocenters. The van der Waals surface area contributed by atoms with Crippen LogP contribution in [-0.4, -0.2) is 51.8 Å². The number of nitrogens with zero attached hydrogens (tertiary/aromatic N) is 5. The van der Waals surface area contributed by atoms with Crippen LogP contribution in [0.2, 0.25) is 0 Å². The quantitative estimate of drug-likeness (QED) is 0.614. The van der Waals surface area contributed by atoms with Gasteiger partial charge in [-0.05, 0) is 43.0 Å². The van der Waals surface area contributed by atoms with Crippen molar-refractivity contribution >= 4 is 21.6 Å². The van der Waals surface area contributed by atoms with Crippen LogP contribution >= 0.6 is 0 Å². The summed E-state index contributed by atoms with van der Waals surface area (Å²) < 4.78 is 33.0. The van der Waals surface area contributed by atoms with E-state index in [-0.39, 0.29) is 16.7 Å². The average Bonchev–Trinajstić information content (AvgIpc) is 3.23. The lowest BCUT2D eigenvalue weighted by molar-refractivity contribution is -0.114. The Morgan fingerprint density at radius 2 is 2.06 bits per heavy atom. The molecule has 0 radical (unpaired) electrons. The minimum Gasteiger partial charge on any atom is -0.339 e. The second-order valence-electron chi connectivity index (χ2n) is 7.38. The summed E-state index contributed by atoms with van der Waals surface area (Å²) in [6, 6.07) is 6.19. The highest BCUT2D eigenvalue weighted by Gasteiger charge is 2.31. The first-order valence-corrected chi connectivity index (χ1v) is 11.3. The molecule has 1 fully saturated rings. The van der Waals surface area contributed by atoms with Gasteiger partial charge < -0.3 is 9.84 Å². The molecule has 3 aromatic rings. The third kappa shape index (κ3) is 4.94. The fraction of sp³-hybridized carbons (Fsp3) is 0.350. The van der Waals surface area contributed by atoms with Crippen molar-refractivity contribution in [2.45, 2.75) is 31.1 Å². The van der Waals surface area contributed by atoms with Crippen molar-refractivity contribution in [3.05, 3.63) is 48.7 Å². The highest BCUT2D eigenvalue weighted by atomic mass is 32.2. The Morgan fingerprint density at radius 3 is 2.77 bits per heavy atom. The van der Waals surface area contributed by atoms with E-state index in [4.69, 9.17) is 4.52 Å². The summed E-state index contributed by atoms with van der Waals surface area (Å²) in [7, 11) is -3.63. The van der Waals surface area contributed by atoms with E-state index in [1.165, 1.54) is 23.4 Å². The van der Waals surface area contributed by atoms with Crippen LogP contribution in [0.15, 0.2) is 52.3 Å². The molecule has 0 saturated carbocycles. The van der Waals surface area contributed by atoms with E-state index in [9.17, 15) is 13.2 Å². The molecule has 1 saturated heterocycles. The zero-order valence-corrected chi connectivity index (χ0v) is 17.7. The maximum absolute atomic E-state index is 13.1. The summed E-state index contributed by atoms with van der Waals surface area (Å²) in [6.45, 7) is 2.23. The highest BCUT2D eigenvalue weighted by molar-refractivity contribution is 7.89. The monoisotopic (exact) mass is 442 g/mol. The first kappa shape index (κ1) is 21.1. The van der Waals surface area contributed by atoms with Crippen LogP contribution in [-0.2, 0) is 21.2 Å². The molecule has 31 heavy (non-hydrogen) atoms. The van der Waals surface area contributed by atoms with Crippen molar-refractivity contribution in [1.82, 2.24) is 24.4 Å². The van der Waals surface area contributed by atoms with Gasteiger partial charge in [0.2, 0.25) is 27.6 Å². The second kappa shape index (κ2) is 8.90. The molecule has 4 rings (SSSR count). The normalized spacial score (nSPS) is 17.4. The molecule has 162 valence electrons. The number of hydrogen-bond donors (Lipinski definition) is 1. The number of carbonyl (C=O) groups is 1. The summed E-state index contributed by atoms with van der Waals surface area (Å²) in [5, 5.41) is 6.58. The molecule has 0 spiro atoms. The molecule has 1 aromatic carbocycles. The van der Waals surface area contributed by atoms with Gasteiger partial charge in [0.25, 0.3) is 0 Å². The Bertz CT molecular complexity index is 1150. The molecule has 3 heterocycles. The van der Waals surface area contributed by atoms with Crippen molar-refractivity contribution in [3.8, 4) is 11.5 Å². The topological polar surface area (TPSA) is 131 Å². The van der Waals surface area contributed by atoms with Crippen molar-refractivity contribution in [2.24, 2.45) is 5.92 Å². The number of rotatable bonds is 6. The van der Waals surface area contributed by atoms with E-state index in [1.807, 2.05) is 0 Å². The standard InChI is InChI=1S/C20H22N6O4S/c1-14(27)23-16-4-6-17(7-5-16)31(28,29)26-10-2-3-15(13-26)11-19-24-20(25-30-19)18-12-21-8-9-22-18/h4-9,12,15H,2-3,10-11,13H2,1H3,(H,23,27)/t15-/m0/s1. The Kier molecular flexibility index (Phi) is 6.05. The highest BCUT2D eigenvalue weighted by Crippen LogP contribution is 2.27. The Hall–Kier alpha value is -3.18. The minimum atomic E-state index is -3.63. The molecule has 10 nitrogen and oxygen atoms in total. The first-order chi connectivity index (χ1) is 14.9. The molecular weight excluding hydrogens is 420 g/mol. The first-order valence-electron chi connectivity index (χ1n) is 9.88. The van der Waals surface area contributed by atoms with Crippen LogP contribution in [0.25, 0.3) is 11.5 Å². The zero-order chi connectivity index (χ0) is 21.8. The summed E-state index contributed by atoms with van der Waals surface area (Å²) in [5.41, 5.74) is 1.08. The molecule has 1 aliphatic rings. The van der Waals surface area contributed by atoms with Crippen LogP contribution < -0.4 is 5.32 Å². The fourth-order valence-electron chi connectivity index (χ4n) is 3.58. The van der Waals surface area contributed by atoms with E-state index in [1.54, 1.807) is 30.7 Å². The van der Waals surface area contributed by atoms with Crippen molar-refractivity contribution in [3.63, 3.8) is 0 Å². The third-order valence-electron chi connectivity index (χ3n) is 5.02. The van der Waals surface area contributed by atoms with Crippen molar-refractivity contribution < 1.29 is 17.7 Å². The lowest BCUT2D eigenvalue weighted by atomic mass is 9.96. The van der Waals surface area contributed by atoms with Crippen LogP contribution in [0, 0.1) is 5.92 Å². The molecule has 1 atom stereocenters. The summed E-state index contributed by atoms with van der Waals surface area (Å²) in [4.78, 5) is 23.9. The number of anilines is 1. The predicted molar refractivity (Wildman–Crippen MR) is 111 cm³/mol. The molecule has 1 aliphatic heterocycles. The minimum absolute atomic E-state index is 0.0670. The van der Waals surface area contributed by atoms with Crippen molar-refractivity contribution in [2.75, 3.05) is 18.4 Å². The summed E-state index contributed by atoms with van der Waals surface area (Å²) in [6.07, 6.45) is 6.78. The Morgan fingerprint density at radius 1 is 1.26 bits per heavy atom. The smallest absolute Gasteiger partial charge is 0.243 e. The third-order valence-corrected chi connectivity index (χ3v) is 6.90. The average molecular weight is 443 g/mol. The van der Waals surface area contributed by atoms with E-state index in [2.05, 4.69) is 25.4 Å². The Balaban J connectivity index is 1.43. The number of aromatic nitrogens is 4. The lowest BCUT2D eigenvalue weighted by Gasteiger charge is -2.31. The van der Waals surface area contributed by atoms with Crippen molar-refractivity contribution in [1.29, 1.82) is 0 Å². The number of piperidine rings is 1. The number of hydrogen-bond acceptors (Lipinski definition) is 8. The van der Waals surface area contributed by atoms with Gasteiger partial charge in [0, 0.05) is 44.5 Å². The van der Waals surface area contributed by atoms with E-state index in [0.717, 1.165) is 12.8 Å². The molecule has 0 aliphatic carbocycles. The maximum Gasteiger partial charge on any atom is 0.243 e. The van der Waals surface area contributed by atoms with Gasteiger partial charge in [0.05, 0.1) is 11.1 Å². The van der Waals surface area contributed by atoms with Crippen LogP contribution in [0.4, 0.5) is 5.69 Å². The predicted octanol–water partition coefficient (Wildman–Crippen LogP) is 2.13. The van der Waals surface area contributed by atoms with E-state index >= 15 is 0 Å². The maximum atomic E-state index is 13.1. The Labute approximate surface area is 179 Å². The SMILES string of the molecule is CC(=O)Nc1ccc(S(=O)(=O)N2CCC[C@@H](Cc3nc(-c4cnccn4)no3)C2)cc1. The van der Waals surface area contributed by atoms with Gasteiger partial charge >= 0.3 is 0 Å². The molecule has 11 heteroatoms. The van der Waals surface area contributed by atoms with Gasteiger partial charge in [0.15, 0.2) is 0 Å². The molecule has 0 bridgehead atoms. The van der Waals surface area contributed by atoms with E-state index < -0.39 is 10.0 Å². The summed E-state index contributed by atoms with van der Waals surface area (Å²) >= 11 is 0. The number of nitrogens with one attached hydrogen (secondary N) is 1. The number of benzene rings is 1. The van der Waals surface area contributed by atoms with Crippen LogP contribution in [0.1, 0.15) is 25.7 Å². The van der Waals surface area contributed by atoms with Gasteiger partial charge in [-0.15, -0.1) is 0 Å². The molecule has 2 aromatic heterocycles. The molecule has 1 N–H and O–H groups in total. The van der Waals surface area contributed by atoms with Gasteiger partial charge in [-0.1, -0.05) is 5.16 Å². The zero-order valence-electron chi connectivity index (χ0n) is 16.9. The number of amides is 1. The van der Waals surface area contributed by atoms with Gasteiger partial charge in [-0.3, -0.25) is 9.78 Å². The summed E-state index contributed by atoms with van der Waals surface area (Å²) in [5.74, 6) is 0.669. The van der Waals surface area contributed by atoms with Gasteiger partial charge in [-0.25, -0.2) is 13.4 Å². The fourth-order valence-corrected chi connectivity index (χ4v) is 5.13. The lowest BCUT2D eigenvalue weighted by Crippen LogP contribution is -2.40. The van der Waals surface area contributed by atoms with Crippen LogP contribution in [0.5, 0.6) is 0 Å². The molecule has 1 amide bonds. The number of sulfonamides is 1. The van der Waals surface area contributed by atoms with Crippen LogP contribution in [0.3, 0.4) is 0 Å². The second-order valence-corrected chi connectivity index (χ2v) is 9.32. The largest absolute Gasteiger partial charge is 0.339 e. The van der Waals surface area contributed by atoms with E-state index in [0.29, 0.717) is 42.6 Å². The van der Waals surface area contributed by atoms with Gasteiger partial charge in [-0.2, -0.15) is 9.29 Å². The van der Waals surface area contributed by atoms with Gasteiger partial charge in [0.1, 0.15) is 5.69 Å².